The minimum absolute atomic E-state index is 0.147. The summed E-state index contributed by atoms with van der Waals surface area (Å²) >= 11 is 0. The second-order valence-electron chi connectivity index (χ2n) is 3.75. The van der Waals surface area contributed by atoms with Gasteiger partial charge in [0.15, 0.2) is 0 Å². The van der Waals surface area contributed by atoms with Crippen molar-refractivity contribution in [1.29, 1.82) is 0 Å². The molecule has 2 N–H and O–H groups in total. The number of carboxylic acids is 1. The highest BCUT2D eigenvalue weighted by Gasteiger charge is 2.26. The van der Waals surface area contributed by atoms with Crippen LogP contribution in [0.15, 0.2) is 12.7 Å². The molecule has 0 aromatic carbocycles. The van der Waals surface area contributed by atoms with Crippen molar-refractivity contribution in [2.75, 3.05) is 13.2 Å². The molecule has 0 saturated heterocycles. The molecule has 0 aliphatic rings. The zero-order valence-corrected chi connectivity index (χ0v) is 9.08. The fraction of sp³-hybridized carbons (Fsp3) is 0.600. The SMILES string of the molecule is C=CCOC(=O)NCCC(C)(C)C(=O)O. The van der Waals surface area contributed by atoms with E-state index in [1.165, 1.54) is 6.08 Å². The molecule has 0 fully saturated rings. The molecule has 0 spiro atoms. The van der Waals surface area contributed by atoms with Crippen molar-refractivity contribution < 1.29 is 19.4 Å². The molecule has 0 rings (SSSR count). The summed E-state index contributed by atoms with van der Waals surface area (Å²) < 4.78 is 4.65. The smallest absolute Gasteiger partial charge is 0.407 e. The fourth-order valence-electron chi connectivity index (χ4n) is 0.770. The Labute approximate surface area is 89.1 Å². The zero-order valence-electron chi connectivity index (χ0n) is 9.08. The van der Waals surface area contributed by atoms with Gasteiger partial charge in [-0.1, -0.05) is 12.7 Å². The van der Waals surface area contributed by atoms with E-state index in [4.69, 9.17) is 5.11 Å². The van der Waals surface area contributed by atoms with Crippen LogP contribution in [0.3, 0.4) is 0 Å². The van der Waals surface area contributed by atoms with Crippen LogP contribution in [0.2, 0.25) is 0 Å². The van der Waals surface area contributed by atoms with Gasteiger partial charge in [-0.25, -0.2) is 4.79 Å². The zero-order chi connectivity index (χ0) is 11.9. The minimum atomic E-state index is -0.885. The van der Waals surface area contributed by atoms with Crippen molar-refractivity contribution in [3.8, 4) is 0 Å². The lowest BCUT2D eigenvalue weighted by molar-refractivity contribution is -0.147. The highest BCUT2D eigenvalue weighted by atomic mass is 16.5. The number of amides is 1. The maximum atomic E-state index is 10.9. The van der Waals surface area contributed by atoms with Crippen molar-refractivity contribution >= 4 is 12.1 Å². The molecule has 0 aliphatic carbocycles. The standard InChI is InChI=1S/C10H17NO4/c1-4-7-15-9(14)11-6-5-10(2,3)8(12)13/h4H,1,5-7H2,2-3H3,(H,11,14)(H,12,13). The fourth-order valence-corrected chi connectivity index (χ4v) is 0.770. The monoisotopic (exact) mass is 215 g/mol. The molecule has 0 aromatic heterocycles. The third-order valence-electron chi connectivity index (χ3n) is 1.93. The van der Waals surface area contributed by atoms with E-state index in [-0.39, 0.29) is 13.2 Å². The van der Waals surface area contributed by atoms with Crippen LogP contribution in [0.5, 0.6) is 0 Å². The molecule has 0 heterocycles. The highest BCUT2D eigenvalue weighted by Crippen LogP contribution is 2.19. The lowest BCUT2D eigenvalue weighted by Gasteiger charge is -2.18. The summed E-state index contributed by atoms with van der Waals surface area (Å²) in [5, 5.41) is 11.2. The number of alkyl carbamates (subject to hydrolysis) is 1. The Morgan fingerprint density at radius 1 is 1.53 bits per heavy atom. The van der Waals surface area contributed by atoms with Crippen molar-refractivity contribution in [2.45, 2.75) is 20.3 Å². The first-order chi connectivity index (χ1) is 6.90. The number of rotatable bonds is 6. The van der Waals surface area contributed by atoms with Gasteiger partial charge >= 0.3 is 12.1 Å². The van der Waals surface area contributed by atoms with Gasteiger partial charge in [-0.3, -0.25) is 4.79 Å². The molecule has 0 bridgehead atoms. The molecule has 5 nitrogen and oxygen atoms in total. The second-order valence-corrected chi connectivity index (χ2v) is 3.75. The predicted octanol–water partition coefficient (Wildman–Crippen LogP) is 1.40. The Hall–Kier alpha value is -1.52. The highest BCUT2D eigenvalue weighted by molar-refractivity contribution is 5.73. The molecule has 0 aliphatic heterocycles. The van der Waals surface area contributed by atoms with Crippen LogP contribution < -0.4 is 5.32 Å². The maximum Gasteiger partial charge on any atom is 0.407 e. The first kappa shape index (κ1) is 13.5. The van der Waals surface area contributed by atoms with Crippen molar-refractivity contribution in [1.82, 2.24) is 5.32 Å². The Morgan fingerprint density at radius 3 is 2.60 bits per heavy atom. The molecule has 1 amide bonds. The number of hydrogen-bond donors (Lipinski definition) is 2. The van der Waals surface area contributed by atoms with Crippen LogP contribution >= 0.6 is 0 Å². The van der Waals surface area contributed by atoms with E-state index in [0.717, 1.165) is 0 Å². The molecule has 15 heavy (non-hydrogen) atoms. The minimum Gasteiger partial charge on any atom is -0.481 e. The molecular formula is C10H17NO4. The first-order valence-corrected chi connectivity index (χ1v) is 4.65. The third-order valence-corrected chi connectivity index (χ3v) is 1.93. The number of nitrogens with one attached hydrogen (secondary N) is 1. The predicted molar refractivity (Wildman–Crippen MR) is 55.6 cm³/mol. The normalized spacial score (nSPS) is 10.5. The molecular weight excluding hydrogens is 198 g/mol. The van der Waals surface area contributed by atoms with Gasteiger partial charge < -0.3 is 15.2 Å². The topological polar surface area (TPSA) is 75.6 Å². The van der Waals surface area contributed by atoms with E-state index in [2.05, 4.69) is 16.6 Å². The number of carboxylic acid groups (broad SMARTS) is 1. The van der Waals surface area contributed by atoms with Gasteiger partial charge in [0.25, 0.3) is 0 Å². The number of ether oxygens (including phenoxy) is 1. The van der Waals surface area contributed by atoms with Crippen LogP contribution in [-0.4, -0.2) is 30.3 Å². The van der Waals surface area contributed by atoms with Gasteiger partial charge in [0.05, 0.1) is 5.41 Å². The largest absolute Gasteiger partial charge is 0.481 e. The van der Waals surface area contributed by atoms with E-state index < -0.39 is 17.5 Å². The number of hydrogen-bond acceptors (Lipinski definition) is 3. The maximum absolute atomic E-state index is 10.9. The number of aliphatic carboxylic acids is 1. The summed E-state index contributed by atoms with van der Waals surface area (Å²) in [4.78, 5) is 21.6. The third kappa shape index (κ3) is 5.72. The molecule has 0 unspecified atom stereocenters. The molecule has 0 radical (unpaired) electrons. The Bertz CT molecular complexity index is 248. The quantitative estimate of drug-likeness (QED) is 0.657. The summed E-state index contributed by atoms with van der Waals surface area (Å²) in [5.74, 6) is -0.885. The van der Waals surface area contributed by atoms with Gasteiger partial charge in [0, 0.05) is 6.54 Å². The van der Waals surface area contributed by atoms with E-state index >= 15 is 0 Å². The molecule has 5 heteroatoms. The van der Waals surface area contributed by atoms with E-state index in [1.54, 1.807) is 13.8 Å². The Morgan fingerprint density at radius 2 is 2.13 bits per heavy atom. The molecule has 0 saturated carbocycles. The summed E-state index contributed by atoms with van der Waals surface area (Å²) in [5.41, 5.74) is -0.842. The Kier molecular flexibility index (Phi) is 5.44. The molecule has 86 valence electrons. The summed E-state index contributed by atoms with van der Waals surface area (Å²) in [6, 6.07) is 0. The van der Waals surface area contributed by atoms with Crippen LogP contribution in [0.25, 0.3) is 0 Å². The molecule has 0 aromatic rings. The molecule has 0 atom stereocenters. The van der Waals surface area contributed by atoms with Crippen molar-refractivity contribution in [2.24, 2.45) is 5.41 Å². The summed E-state index contributed by atoms with van der Waals surface area (Å²) in [6.45, 7) is 7.02. The van der Waals surface area contributed by atoms with Crippen LogP contribution in [0.4, 0.5) is 4.79 Å². The lowest BCUT2D eigenvalue weighted by atomic mass is 9.90. The van der Waals surface area contributed by atoms with Gasteiger partial charge in [-0.15, -0.1) is 0 Å². The first-order valence-electron chi connectivity index (χ1n) is 4.65. The van der Waals surface area contributed by atoms with Crippen LogP contribution in [0.1, 0.15) is 20.3 Å². The van der Waals surface area contributed by atoms with Crippen LogP contribution in [0, 0.1) is 5.41 Å². The van der Waals surface area contributed by atoms with Gasteiger partial charge in [0.2, 0.25) is 0 Å². The second kappa shape index (κ2) is 6.06. The lowest BCUT2D eigenvalue weighted by Crippen LogP contribution is -2.32. The van der Waals surface area contributed by atoms with Gasteiger partial charge in [-0.05, 0) is 20.3 Å². The van der Waals surface area contributed by atoms with E-state index in [1.807, 2.05) is 0 Å². The van der Waals surface area contributed by atoms with Crippen LogP contribution in [-0.2, 0) is 9.53 Å². The van der Waals surface area contributed by atoms with Crippen molar-refractivity contribution in [3.05, 3.63) is 12.7 Å². The summed E-state index contributed by atoms with van der Waals surface area (Å²) in [6.07, 6.45) is 1.25. The average Bonchev–Trinajstić information content (AvgIpc) is 2.14. The van der Waals surface area contributed by atoms with E-state index in [9.17, 15) is 9.59 Å². The number of carbonyl (C=O) groups is 2. The average molecular weight is 215 g/mol. The van der Waals surface area contributed by atoms with Gasteiger partial charge in [0.1, 0.15) is 6.61 Å². The number of carbonyl (C=O) groups excluding carboxylic acids is 1. The van der Waals surface area contributed by atoms with E-state index in [0.29, 0.717) is 6.42 Å². The van der Waals surface area contributed by atoms with Gasteiger partial charge in [-0.2, -0.15) is 0 Å². The Balaban J connectivity index is 3.74. The summed E-state index contributed by atoms with van der Waals surface area (Å²) in [7, 11) is 0. The van der Waals surface area contributed by atoms with Crippen molar-refractivity contribution in [3.63, 3.8) is 0 Å².